The zero-order valence-electron chi connectivity index (χ0n) is 4.20. The van der Waals surface area contributed by atoms with E-state index in [4.69, 9.17) is 0 Å². The van der Waals surface area contributed by atoms with Gasteiger partial charge in [0.2, 0.25) is 0 Å². The normalized spacial score (nSPS) is 9.12. The summed E-state index contributed by atoms with van der Waals surface area (Å²) in [4.78, 5) is 0. The summed E-state index contributed by atoms with van der Waals surface area (Å²) >= 11 is 3.56. The third-order valence-electron chi connectivity index (χ3n) is 0.839. The van der Waals surface area contributed by atoms with E-state index in [2.05, 4.69) is 38.5 Å². The Morgan fingerprint density at radius 1 is 1.12 bits per heavy atom. The number of benzene rings is 1. The maximum absolute atomic E-state index is 3.02. The van der Waals surface area contributed by atoms with Gasteiger partial charge < -0.3 is 0 Å². The Morgan fingerprint density at radius 3 is 2.12 bits per heavy atom. The molecule has 0 amide bonds. The minimum atomic E-state index is 0.543. The van der Waals surface area contributed by atoms with Gasteiger partial charge in [-0.1, -0.05) is 0 Å². The van der Waals surface area contributed by atoms with Crippen LogP contribution in [0.25, 0.3) is 0 Å². The van der Waals surface area contributed by atoms with Crippen molar-refractivity contribution in [3.8, 4) is 0 Å². The van der Waals surface area contributed by atoms with Crippen LogP contribution in [0.15, 0.2) is 30.3 Å². The zero-order valence-corrected chi connectivity index (χ0v) is 7.63. The SMILES string of the molecule is [Se][Se]c1ccccc1. The third kappa shape index (κ3) is 1.64. The molecule has 1 rings (SSSR count). The average Bonchev–Trinajstić information content (AvgIpc) is 1.90. The Kier molecular flexibility index (Phi) is 2.65. The van der Waals surface area contributed by atoms with Gasteiger partial charge in [-0.05, 0) is 0 Å². The molecule has 0 aliphatic rings. The third-order valence-corrected chi connectivity index (χ3v) is 3.91. The quantitative estimate of drug-likeness (QED) is 0.605. The first-order chi connectivity index (χ1) is 3.93. The molecule has 0 nitrogen and oxygen atoms in total. The van der Waals surface area contributed by atoms with Gasteiger partial charge in [-0.15, -0.1) is 0 Å². The molecule has 0 aromatic heterocycles. The van der Waals surface area contributed by atoms with Crippen molar-refractivity contribution in [2.75, 3.05) is 0 Å². The van der Waals surface area contributed by atoms with Crippen LogP contribution in [0.1, 0.15) is 0 Å². The van der Waals surface area contributed by atoms with Crippen molar-refractivity contribution in [1.29, 1.82) is 0 Å². The molecule has 0 heterocycles. The van der Waals surface area contributed by atoms with Gasteiger partial charge in [-0.25, -0.2) is 0 Å². The van der Waals surface area contributed by atoms with Crippen LogP contribution < -0.4 is 4.46 Å². The second kappa shape index (κ2) is 3.32. The monoisotopic (exact) mass is 237 g/mol. The van der Waals surface area contributed by atoms with Crippen LogP contribution >= 0.6 is 0 Å². The fourth-order valence-corrected chi connectivity index (χ4v) is 2.25. The molecular weight excluding hydrogens is 230 g/mol. The number of hydrogen-bond donors (Lipinski definition) is 0. The van der Waals surface area contributed by atoms with Crippen molar-refractivity contribution < 1.29 is 0 Å². The molecule has 0 fully saturated rings. The van der Waals surface area contributed by atoms with Crippen molar-refractivity contribution in [2.45, 2.75) is 0 Å². The molecule has 0 unspecified atom stereocenters. The fraction of sp³-hybridized carbons (Fsp3) is 0. The molecule has 0 saturated carbocycles. The fourth-order valence-electron chi connectivity index (χ4n) is 0.476. The second-order valence-electron chi connectivity index (χ2n) is 1.40. The van der Waals surface area contributed by atoms with E-state index in [9.17, 15) is 0 Å². The topological polar surface area (TPSA) is 0 Å². The maximum atomic E-state index is 3.02. The molecule has 2 heteroatoms. The van der Waals surface area contributed by atoms with Gasteiger partial charge in [0, 0.05) is 0 Å². The molecule has 0 saturated heterocycles. The Labute approximate surface area is 62.2 Å². The van der Waals surface area contributed by atoms with E-state index in [-0.39, 0.29) is 0 Å². The predicted molar refractivity (Wildman–Crippen MR) is 37.6 cm³/mol. The van der Waals surface area contributed by atoms with E-state index in [0.717, 1.165) is 0 Å². The van der Waals surface area contributed by atoms with Gasteiger partial charge >= 0.3 is 62.1 Å². The summed E-state index contributed by atoms with van der Waals surface area (Å²) in [6.45, 7) is 0. The summed E-state index contributed by atoms with van der Waals surface area (Å²) in [5, 5.41) is 0. The van der Waals surface area contributed by atoms with E-state index < -0.39 is 0 Å². The summed E-state index contributed by atoms with van der Waals surface area (Å²) in [6, 6.07) is 10.4. The first-order valence-electron chi connectivity index (χ1n) is 2.28. The van der Waals surface area contributed by atoms with Gasteiger partial charge in [0.1, 0.15) is 0 Å². The Morgan fingerprint density at radius 2 is 1.75 bits per heavy atom. The Bertz CT molecular complexity index is 148. The van der Waals surface area contributed by atoms with Gasteiger partial charge in [0.25, 0.3) is 0 Å². The molecule has 1 radical (unpaired) electrons. The van der Waals surface area contributed by atoms with Gasteiger partial charge in [0.15, 0.2) is 0 Å². The standard InChI is InChI=1S/C6H5Se2/c7-8-6-4-2-1-3-5-6/h1-5H. The molecule has 41 valence electrons. The van der Waals surface area contributed by atoms with Crippen molar-refractivity contribution in [2.24, 2.45) is 0 Å². The van der Waals surface area contributed by atoms with E-state index in [1.165, 1.54) is 4.46 Å². The van der Waals surface area contributed by atoms with E-state index >= 15 is 0 Å². The Balaban J connectivity index is 2.83. The van der Waals surface area contributed by atoms with Gasteiger partial charge in [-0.2, -0.15) is 0 Å². The van der Waals surface area contributed by atoms with Crippen LogP contribution in [-0.2, 0) is 0 Å². The number of hydrogen-bond acceptors (Lipinski definition) is 0. The minimum absolute atomic E-state index is 0.543. The summed E-state index contributed by atoms with van der Waals surface area (Å²) in [7, 11) is 0. The van der Waals surface area contributed by atoms with Crippen molar-refractivity contribution in [3.05, 3.63) is 30.3 Å². The molecule has 0 N–H and O–H groups in total. The molecule has 1 aromatic rings. The summed E-state index contributed by atoms with van der Waals surface area (Å²) in [6.07, 6.45) is 0. The molecule has 0 spiro atoms. The summed E-state index contributed by atoms with van der Waals surface area (Å²) < 4.78 is 1.42. The number of rotatable bonds is 1. The van der Waals surface area contributed by atoms with Crippen molar-refractivity contribution >= 4 is 31.8 Å². The van der Waals surface area contributed by atoms with Crippen LogP contribution in [0.2, 0.25) is 0 Å². The van der Waals surface area contributed by atoms with Gasteiger partial charge in [0.05, 0.1) is 0 Å². The van der Waals surface area contributed by atoms with E-state index in [1.54, 1.807) is 0 Å². The van der Waals surface area contributed by atoms with Crippen molar-refractivity contribution in [3.63, 3.8) is 0 Å². The first-order valence-corrected chi connectivity index (χ1v) is 7.47. The zero-order chi connectivity index (χ0) is 5.82. The Hall–Kier alpha value is 0.259. The van der Waals surface area contributed by atoms with Crippen LogP contribution in [0.4, 0.5) is 0 Å². The first kappa shape index (κ1) is 6.38. The molecular formula is C6H5Se2. The molecule has 1 aromatic carbocycles. The predicted octanol–water partition coefficient (Wildman–Crippen LogP) is 0.0996. The summed E-state index contributed by atoms with van der Waals surface area (Å²) in [5.74, 6) is 0. The van der Waals surface area contributed by atoms with Crippen LogP contribution in [0, 0.1) is 0 Å². The van der Waals surface area contributed by atoms with Crippen LogP contribution in [0.5, 0.6) is 0 Å². The van der Waals surface area contributed by atoms with E-state index in [0.29, 0.717) is 13.1 Å². The average molecular weight is 235 g/mol. The summed E-state index contributed by atoms with van der Waals surface area (Å²) in [5.41, 5.74) is 0. The van der Waals surface area contributed by atoms with Crippen molar-refractivity contribution in [1.82, 2.24) is 0 Å². The van der Waals surface area contributed by atoms with Crippen LogP contribution in [-0.4, -0.2) is 27.3 Å². The van der Waals surface area contributed by atoms with Gasteiger partial charge in [-0.3, -0.25) is 0 Å². The molecule has 0 atom stereocenters. The van der Waals surface area contributed by atoms with E-state index in [1.807, 2.05) is 6.07 Å². The second-order valence-corrected chi connectivity index (χ2v) is 4.55. The van der Waals surface area contributed by atoms with Crippen LogP contribution in [0.3, 0.4) is 0 Å². The molecule has 8 heavy (non-hydrogen) atoms. The molecule has 0 aliphatic carbocycles. The molecule has 0 bridgehead atoms. The molecule has 0 aliphatic heterocycles.